The molecule has 2 fully saturated rings. The van der Waals surface area contributed by atoms with Gasteiger partial charge in [0, 0.05) is 15.8 Å². The van der Waals surface area contributed by atoms with Gasteiger partial charge in [-0.05, 0) is 44.7 Å². The first-order chi connectivity index (χ1) is 9.70. The van der Waals surface area contributed by atoms with Gasteiger partial charge in [0.15, 0.2) is 0 Å². The third kappa shape index (κ3) is 2.51. The minimum Gasteiger partial charge on any atom is -0.318 e. The molecule has 20 heavy (non-hydrogen) atoms. The van der Waals surface area contributed by atoms with E-state index >= 15 is 0 Å². The number of amides is 1. The minimum atomic E-state index is 0.0305. The topological polar surface area (TPSA) is 32.3 Å². The van der Waals surface area contributed by atoms with E-state index in [1.165, 1.54) is 29.0 Å². The van der Waals surface area contributed by atoms with Crippen LogP contribution >= 0.6 is 11.3 Å². The first-order valence-electron chi connectivity index (χ1n) is 7.85. The van der Waals surface area contributed by atoms with Crippen LogP contribution in [0.1, 0.15) is 61.4 Å². The lowest BCUT2D eigenvalue weighted by atomic mass is 9.91. The summed E-state index contributed by atoms with van der Waals surface area (Å²) in [5, 5.41) is 3.59. The summed E-state index contributed by atoms with van der Waals surface area (Å²) in [6.07, 6.45) is 6.98. The van der Waals surface area contributed by atoms with Gasteiger partial charge in [-0.25, -0.2) is 0 Å². The Kier molecular flexibility index (Phi) is 4.13. The number of hydrogen-bond acceptors (Lipinski definition) is 3. The number of carbonyl (C=O) groups is 1. The van der Waals surface area contributed by atoms with Crippen molar-refractivity contribution in [2.24, 2.45) is 0 Å². The Bertz CT molecular complexity index is 481. The molecular weight excluding hydrogens is 268 g/mol. The highest BCUT2D eigenvalue weighted by molar-refractivity contribution is 7.12. The van der Waals surface area contributed by atoms with E-state index in [1.54, 1.807) is 0 Å². The minimum absolute atomic E-state index is 0.0305. The van der Waals surface area contributed by atoms with E-state index < -0.39 is 0 Å². The highest BCUT2D eigenvalue weighted by atomic mass is 32.1. The van der Waals surface area contributed by atoms with Crippen molar-refractivity contribution in [3.63, 3.8) is 0 Å². The molecule has 3 nitrogen and oxygen atoms in total. The summed E-state index contributed by atoms with van der Waals surface area (Å²) in [7, 11) is 0. The lowest BCUT2D eigenvalue weighted by molar-refractivity contribution is -0.134. The largest absolute Gasteiger partial charge is 0.318 e. The molecule has 3 rings (SSSR count). The van der Waals surface area contributed by atoms with Crippen LogP contribution in [0.5, 0.6) is 0 Å². The highest BCUT2D eigenvalue weighted by Crippen LogP contribution is 2.38. The van der Waals surface area contributed by atoms with E-state index in [4.69, 9.17) is 0 Å². The molecule has 1 saturated heterocycles. The van der Waals surface area contributed by atoms with E-state index in [0.717, 1.165) is 19.3 Å². The number of aryl methyl sites for hydroxylation is 1. The van der Waals surface area contributed by atoms with E-state index in [0.29, 0.717) is 11.9 Å². The molecule has 1 aliphatic carbocycles. The lowest BCUT2D eigenvalue weighted by Gasteiger charge is -2.38. The van der Waals surface area contributed by atoms with E-state index in [-0.39, 0.29) is 12.2 Å². The van der Waals surface area contributed by atoms with Crippen molar-refractivity contribution in [3.8, 4) is 0 Å². The molecule has 0 aromatic carbocycles. The second kappa shape index (κ2) is 5.86. The van der Waals surface area contributed by atoms with Gasteiger partial charge in [-0.1, -0.05) is 19.8 Å². The second-order valence-electron chi connectivity index (χ2n) is 6.04. The van der Waals surface area contributed by atoms with Gasteiger partial charge in [-0.3, -0.25) is 10.1 Å². The van der Waals surface area contributed by atoms with Crippen LogP contribution in [0.2, 0.25) is 0 Å². The summed E-state index contributed by atoms with van der Waals surface area (Å²) in [5.41, 5.74) is 0. The van der Waals surface area contributed by atoms with Crippen LogP contribution in [-0.2, 0) is 4.79 Å². The molecular formula is C16H24N2OS. The van der Waals surface area contributed by atoms with Crippen molar-refractivity contribution in [2.75, 3.05) is 0 Å². The van der Waals surface area contributed by atoms with Gasteiger partial charge in [0.2, 0.25) is 5.91 Å². The Balaban J connectivity index is 1.80. The Morgan fingerprint density at radius 2 is 2.20 bits per heavy atom. The van der Waals surface area contributed by atoms with Gasteiger partial charge in [0.05, 0.1) is 6.04 Å². The highest BCUT2D eigenvalue weighted by Gasteiger charge is 2.44. The number of hydrogen-bond donors (Lipinski definition) is 1. The molecule has 0 bridgehead atoms. The average Bonchev–Trinajstić information content (AvgIpc) is 2.92. The van der Waals surface area contributed by atoms with Gasteiger partial charge >= 0.3 is 0 Å². The quantitative estimate of drug-likeness (QED) is 0.899. The molecule has 0 radical (unpaired) electrons. The van der Waals surface area contributed by atoms with E-state index in [9.17, 15) is 4.79 Å². The van der Waals surface area contributed by atoms with Crippen LogP contribution in [0.3, 0.4) is 0 Å². The standard InChI is InChI=1S/C16H24N2OS/c1-3-4-8-13-16(19)18(12-6-5-7-12)15(17-13)14-10-9-11(2)20-14/h9-10,12-13,15,17H,3-8H2,1-2H3. The molecule has 2 aliphatic rings. The third-order valence-electron chi connectivity index (χ3n) is 4.53. The number of nitrogens with zero attached hydrogens (tertiary/aromatic N) is 1. The Hall–Kier alpha value is -0.870. The predicted octanol–water partition coefficient (Wildman–Crippen LogP) is 3.60. The first-order valence-corrected chi connectivity index (χ1v) is 8.67. The van der Waals surface area contributed by atoms with Crippen molar-refractivity contribution < 1.29 is 4.79 Å². The molecule has 1 aromatic heterocycles. The number of unbranched alkanes of at least 4 members (excludes halogenated alkanes) is 1. The molecule has 1 N–H and O–H groups in total. The third-order valence-corrected chi connectivity index (χ3v) is 5.59. The van der Waals surface area contributed by atoms with Crippen molar-refractivity contribution in [1.29, 1.82) is 0 Å². The molecule has 2 unspecified atom stereocenters. The zero-order valence-corrected chi connectivity index (χ0v) is 13.2. The molecule has 2 heterocycles. The molecule has 2 atom stereocenters. The van der Waals surface area contributed by atoms with Gasteiger partial charge in [0.1, 0.15) is 6.17 Å². The summed E-state index contributed by atoms with van der Waals surface area (Å²) in [4.78, 5) is 17.5. The van der Waals surface area contributed by atoms with Crippen molar-refractivity contribution >= 4 is 17.2 Å². The monoisotopic (exact) mass is 292 g/mol. The van der Waals surface area contributed by atoms with E-state index in [1.807, 2.05) is 11.3 Å². The Labute approximate surface area is 125 Å². The van der Waals surface area contributed by atoms with Crippen molar-refractivity contribution in [3.05, 3.63) is 21.9 Å². The molecule has 110 valence electrons. The second-order valence-corrected chi connectivity index (χ2v) is 7.36. The maximum atomic E-state index is 12.7. The summed E-state index contributed by atoms with van der Waals surface area (Å²) >= 11 is 1.81. The van der Waals surface area contributed by atoms with Crippen molar-refractivity contribution in [1.82, 2.24) is 10.2 Å². The fourth-order valence-electron chi connectivity index (χ4n) is 3.14. The zero-order valence-electron chi connectivity index (χ0n) is 12.4. The average molecular weight is 292 g/mol. The maximum Gasteiger partial charge on any atom is 0.241 e. The van der Waals surface area contributed by atoms with E-state index in [2.05, 4.69) is 36.2 Å². The van der Waals surface area contributed by atoms with Crippen LogP contribution in [0.25, 0.3) is 0 Å². The van der Waals surface area contributed by atoms with Crippen LogP contribution in [0.15, 0.2) is 12.1 Å². The predicted molar refractivity (Wildman–Crippen MR) is 82.7 cm³/mol. The summed E-state index contributed by atoms with van der Waals surface area (Å²) in [6, 6.07) is 4.83. The number of nitrogens with one attached hydrogen (secondary N) is 1. The Morgan fingerprint density at radius 1 is 1.40 bits per heavy atom. The Morgan fingerprint density at radius 3 is 2.75 bits per heavy atom. The van der Waals surface area contributed by atoms with Crippen LogP contribution < -0.4 is 5.32 Å². The molecule has 0 spiro atoms. The summed E-state index contributed by atoms with van der Waals surface area (Å²) in [6.45, 7) is 4.32. The zero-order chi connectivity index (χ0) is 14.1. The van der Waals surface area contributed by atoms with Gasteiger partial charge in [0.25, 0.3) is 0 Å². The SMILES string of the molecule is CCCCC1NC(c2ccc(C)s2)N(C2CCC2)C1=O. The molecule has 1 amide bonds. The normalized spacial score (nSPS) is 27.1. The number of thiophene rings is 1. The fourth-order valence-corrected chi connectivity index (χ4v) is 4.08. The van der Waals surface area contributed by atoms with Crippen LogP contribution in [-0.4, -0.2) is 22.9 Å². The van der Waals surface area contributed by atoms with Gasteiger partial charge in [-0.2, -0.15) is 0 Å². The summed E-state index contributed by atoms with van der Waals surface area (Å²) < 4.78 is 0. The van der Waals surface area contributed by atoms with Gasteiger partial charge in [-0.15, -0.1) is 11.3 Å². The van der Waals surface area contributed by atoms with Crippen LogP contribution in [0.4, 0.5) is 0 Å². The molecule has 4 heteroatoms. The maximum absolute atomic E-state index is 12.7. The van der Waals surface area contributed by atoms with Crippen LogP contribution in [0, 0.1) is 6.92 Å². The smallest absolute Gasteiger partial charge is 0.241 e. The fraction of sp³-hybridized carbons (Fsp3) is 0.688. The molecule has 1 saturated carbocycles. The molecule has 1 aliphatic heterocycles. The first kappa shape index (κ1) is 14.1. The number of rotatable bonds is 5. The van der Waals surface area contributed by atoms with Gasteiger partial charge < -0.3 is 4.90 Å². The summed E-state index contributed by atoms with van der Waals surface area (Å²) in [5.74, 6) is 0.333. The molecule has 1 aromatic rings. The van der Waals surface area contributed by atoms with Crippen molar-refractivity contribution in [2.45, 2.75) is 70.6 Å². The lowest BCUT2D eigenvalue weighted by Crippen LogP contribution is -2.43. The number of carbonyl (C=O) groups excluding carboxylic acids is 1.